The Labute approximate surface area is 114 Å². The Kier molecular flexibility index (Phi) is 4.61. The summed E-state index contributed by atoms with van der Waals surface area (Å²) >= 11 is 0. The molecule has 1 N–H and O–H groups in total. The number of ether oxygens (including phenoxy) is 1. The van der Waals surface area contributed by atoms with E-state index < -0.39 is 11.2 Å². The van der Waals surface area contributed by atoms with Crippen molar-refractivity contribution in [1.82, 2.24) is 4.90 Å². The summed E-state index contributed by atoms with van der Waals surface area (Å²) in [5.41, 5.74) is -1.44. The number of piperidine rings is 1. The van der Waals surface area contributed by atoms with E-state index in [2.05, 4.69) is 0 Å². The molecule has 0 aliphatic carbocycles. The van der Waals surface area contributed by atoms with Crippen LogP contribution in [0, 0.1) is 5.92 Å². The normalized spacial score (nSPS) is 21.5. The smallest absolute Gasteiger partial charge is 0.410 e. The van der Waals surface area contributed by atoms with Crippen molar-refractivity contribution >= 4 is 11.9 Å². The molecule has 1 amide bonds. The molecule has 1 heterocycles. The number of ketones is 1. The van der Waals surface area contributed by atoms with Crippen molar-refractivity contribution < 1.29 is 19.4 Å². The van der Waals surface area contributed by atoms with Gasteiger partial charge in [-0.2, -0.15) is 0 Å². The lowest BCUT2D eigenvalue weighted by Crippen LogP contribution is -2.47. The molecule has 1 unspecified atom stereocenters. The lowest BCUT2D eigenvalue weighted by molar-refractivity contribution is -0.128. The zero-order chi connectivity index (χ0) is 14.8. The molecule has 1 atom stereocenters. The molecule has 1 rings (SSSR count). The van der Waals surface area contributed by atoms with E-state index in [-0.39, 0.29) is 17.8 Å². The van der Waals surface area contributed by atoms with Crippen molar-refractivity contribution in [2.24, 2.45) is 5.92 Å². The minimum atomic E-state index is -0.905. The van der Waals surface area contributed by atoms with Crippen LogP contribution in [0.2, 0.25) is 0 Å². The molecule has 1 aliphatic heterocycles. The average Bonchev–Trinajstić information content (AvgIpc) is 2.16. The number of amides is 1. The molecule has 1 aliphatic rings. The Morgan fingerprint density at radius 3 is 2.42 bits per heavy atom. The molecule has 0 aromatic rings. The maximum atomic E-state index is 12.0. The predicted molar refractivity (Wildman–Crippen MR) is 71.8 cm³/mol. The molecule has 0 spiro atoms. The van der Waals surface area contributed by atoms with Gasteiger partial charge in [0.05, 0.1) is 5.60 Å². The van der Waals surface area contributed by atoms with Gasteiger partial charge >= 0.3 is 6.09 Å². The highest BCUT2D eigenvalue weighted by atomic mass is 16.6. The lowest BCUT2D eigenvalue weighted by Gasteiger charge is -2.35. The van der Waals surface area contributed by atoms with Gasteiger partial charge in [-0.05, 0) is 41.0 Å². The van der Waals surface area contributed by atoms with Gasteiger partial charge in [-0.15, -0.1) is 0 Å². The third kappa shape index (κ3) is 5.59. The fourth-order valence-corrected chi connectivity index (χ4v) is 2.18. The summed E-state index contributed by atoms with van der Waals surface area (Å²) in [5.74, 6) is -0.191. The number of hydrogen-bond acceptors (Lipinski definition) is 4. The highest BCUT2D eigenvalue weighted by Crippen LogP contribution is 2.24. The van der Waals surface area contributed by atoms with E-state index in [4.69, 9.17) is 4.74 Å². The molecule has 0 aromatic heterocycles. The van der Waals surface area contributed by atoms with Gasteiger partial charge in [0.25, 0.3) is 0 Å². The highest BCUT2D eigenvalue weighted by Gasteiger charge is 2.34. The van der Waals surface area contributed by atoms with Crippen molar-refractivity contribution in [3.63, 3.8) is 0 Å². The number of carbonyl (C=O) groups is 2. The fourth-order valence-electron chi connectivity index (χ4n) is 2.18. The first-order valence-electron chi connectivity index (χ1n) is 6.71. The third-order valence-corrected chi connectivity index (χ3v) is 2.92. The van der Waals surface area contributed by atoms with Crippen LogP contribution in [0.1, 0.15) is 47.5 Å². The van der Waals surface area contributed by atoms with Crippen LogP contribution >= 0.6 is 0 Å². The SMILES string of the molecule is CC(C)(O)CC1CN(C(=O)OC(C)(C)C)CCC1=O. The monoisotopic (exact) mass is 271 g/mol. The summed E-state index contributed by atoms with van der Waals surface area (Å²) in [4.78, 5) is 25.4. The van der Waals surface area contributed by atoms with Gasteiger partial charge in [0.1, 0.15) is 11.4 Å². The average molecular weight is 271 g/mol. The zero-order valence-corrected chi connectivity index (χ0v) is 12.5. The second-order valence-corrected chi connectivity index (χ2v) is 6.86. The Hall–Kier alpha value is -1.10. The third-order valence-electron chi connectivity index (χ3n) is 2.92. The first-order chi connectivity index (χ1) is 8.48. The first-order valence-corrected chi connectivity index (χ1v) is 6.71. The highest BCUT2D eigenvalue weighted by molar-refractivity contribution is 5.84. The maximum absolute atomic E-state index is 12.0. The summed E-state index contributed by atoms with van der Waals surface area (Å²) in [6.45, 7) is 9.52. The Balaban J connectivity index is 2.64. The van der Waals surface area contributed by atoms with Gasteiger partial charge < -0.3 is 14.7 Å². The van der Waals surface area contributed by atoms with Crippen LogP contribution < -0.4 is 0 Å². The molecule has 0 aromatic carbocycles. The lowest BCUT2D eigenvalue weighted by atomic mass is 9.86. The molecule has 0 radical (unpaired) electrons. The summed E-state index contributed by atoms with van der Waals surface area (Å²) in [6, 6.07) is 0. The minimum absolute atomic E-state index is 0.113. The van der Waals surface area contributed by atoms with E-state index in [1.807, 2.05) is 20.8 Å². The molecular formula is C14H25NO4. The molecule has 0 bridgehead atoms. The van der Waals surface area contributed by atoms with Gasteiger partial charge in [0.2, 0.25) is 0 Å². The largest absolute Gasteiger partial charge is 0.444 e. The van der Waals surface area contributed by atoms with E-state index in [0.29, 0.717) is 25.9 Å². The number of aliphatic hydroxyl groups is 1. The summed E-state index contributed by atoms with van der Waals surface area (Å²) < 4.78 is 5.30. The van der Waals surface area contributed by atoms with E-state index in [0.717, 1.165) is 0 Å². The number of Topliss-reactive ketones (excluding diaryl/α,β-unsaturated/α-hetero) is 1. The topological polar surface area (TPSA) is 66.8 Å². The number of rotatable bonds is 2. The first kappa shape index (κ1) is 16.0. The summed E-state index contributed by atoms with van der Waals surface area (Å²) in [6.07, 6.45) is 0.311. The fraction of sp³-hybridized carbons (Fsp3) is 0.857. The Bertz CT molecular complexity index is 351. The van der Waals surface area contributed by atoms with Gasteiger partial charge in [-0.1, -0.05) is 0 Å². The number of likely N-dealkylation sites (tertiary alicyclic amines) is 1. The molecule has 19 heavy (non-hydrogen) atoms. The van der Waals surface area contributed by atoms with Crippen LogP contribution in [-0.4, -0.2) is 46.2 Å². The van der Waals surface area contributed by atoms with Gasteiger partial charge in [-0.3, -0.25) is 4.79 Å². The number of carbonyl (C=O) groups excluding carboxylic acids is 2. The van der Waals surface area contributed by atoms with Crippen molar-refractivity contribution in [3.05, 3.63) is 0 Å². The van der Waals surface area contributed by atoms with Crippen molar-refractivity contribution in [2.45, 2.75) is 58.7 Å². The van der Waals surface area contributed by atoms with Crippen LogP contribution in [0.3, 0.4) is 0 Å². The van der Waals surface area contributed by atoms with Crippen LogP contribution in [-0.2, 0) is 9.53 Å². The molecule has 110 valence electrons. The van der Waals surface area contributed by atoms with E-state index >= 15 is 0 Å². The van der Waals surface area contributed by atoms with Crippen molar-refractivity contribution in [1.29, 1.82) is 0 Å². The Morgan fingerprint density at radius 2 is 1.95 bits per heavy atom. The van der Waals surface area contributed by atoms with Gasteiger partial charge in [-0.25, -0.2) is 4.79 Å². The molecule has 1 fully saturated rings. The molecular weight excluding hydrogens is 246 g/mol. The number of hydrogen-bond donors (Lipinski definition) is 1. The second kappa shape index (κ2) is 5.49. The van der Waals surface area contributed by atoms with Crippen molar-refractivity contribution in [3.8, 4) is 0 Å². The molecule has 5 heteroatoms. The molecule has 5 nitrogen and oxygen atoms in total. The zero-order valence-electron chi connectivity index (χ0n) is 12.5. The van der Waals surface area contributed by atoms with Crippen LogP contribution in [0.15, 0.2) is 0 Å². The minimum Gasteiger partial charge on any atom is -0.444 e. The maximum Gasteiger partial charge on any atom is 0.410 e. The quantitative estimate of drug-likeness (QED) is 0.834. The number of nitrogens with zero attached hydrogens (tertiary/aromatic N) is 1. The van der Waals surface area contributed by atoms with E-state index in [1.165, 1.54) is 0 Å². The molecule has 0 saturated carbocycles. The van der Waals surface area contributed by atoms with Crippen LogP contribution in [0.25, 0.3) is 0 Å². The standard InChI is InChI=1S/C14H25NO4/c1-13(2,3)19-12(17)15-7-6-11(16)10(9-15)8-14(4,5)18/h10,18H,6-9H2,1-5H3. The van der Waals surface area contributed by atoms with Crippen molar-refractivity contribution in [2.75, 3.05) is 13.1 Å². The predicted octanol–water partition coefficient (Wildman–Crippen LogP) is 1.97. The van der Waals surface area contributed by atoms with Crippen LogP contribution in [0.5, 0.6) is 0 Å². The molecule has 1 saturated heterocycles. The second-order valence-electron chi connectivity index (χ2n) is 6.86. The van der Waals surface area contributed by atoms with Gasteiger partial charge in [0.15, 0.2) is 0 Å². The van der Waals surface area contributed by atoms with E-state index in [1.54, 1.807) is 18.7 Å². The summed E-state index contributed by atoms with van der Waals surface area (Å²) in [5, 5.41) is 9.81. The Morgan fingerprint density at radius 1 is 1.37 bits per heavy atom. The van der Waals surface area contributed by atoms with E-state index in [9.17, 15) is 14.7 Å². The van der Waals surface area contributed by atoms with Crippen LogP contribution in [0.4, 0.5) is 4.79 Å². The van der Waals surface area contributed by atoms with Gasteiger partial charge in [0, 0.05) is 25.4 Å². The summed E-state index contributed by atoms with van der Waals surface area (Å²) in [7, 11) is 0.